The molecule has 0 spiro atoms. The number of quaternary nitrogens is 1. The fraction of sp³-hybridized carbons (Fsp3) is 0.650. The molecule has 132 valence electrons. The zero-order valence-electron chi connectivity index (χ0n) is 14.7. The number of carbonyl (C=O) groups excluding carboxylic acids is 1. The maximum atomic E-state index is 12.5. The summed E-state index contributed by atoms with van der Waals surface area (Å²) in [4.78, 5) is 14.0. The topological polar surface area (TPSA) is 42.8 Å². The Labute approximate surface area is 145 Å². The molecule has 1 saturated heterocycles. The smallest absolute Gasteiger partial charge is 0.251 e. The molecule has 0 aromatic heterocycles. The van der Waals surface area contributed by atoms with Gasteiger partial charge in [-0.1, -0.05) is 44.2 Å². The predicted molar refractivity (Wildman–Crippen MR) is 95.2 cm³/mol. The number of ether oxygens (including phenoxy) is 1. The van der Waals surface area contributed by atoms with E-state index >= 15 is 0 Å². The summed E-state index contributed by atoms with van der Waals surface area (Å²) in [6, 6.07) is 8.53. The van der Waals surface area contributed by atoms with Gasteiger partial charge in [0.25, 0.3) is 5.91 Å². The SMILES string of the molecule is O=C(NC1CCCCCCC1)c1ccc(C[NH+]2CCOCC2)cc1. The van der Waals surface area contributed by atoms with E-state index in [0.717, 1.165) is 51.3 Å². The van der Waals surface area contributed by atoms with Crippen molar-refractivity contribution < 1.29 is 14.4 Å². The van der Waals surface area contributed by atoms with Crippen molar-refractivity contribution in [2.24, 2.45) is 0 Å². The lowest BCUT2D eigenvalue weighted by atomic mass is 9.96. The maximum Gasteiger partial charge on any atom is 0.251 e. The molecule has 1 heterocycles. The van der Waals surface area contributed by atoms with E-state index in [0.29, 0.717) is 6.04 Å². The van der Waals surface area contributed by atoms with Gasteiger partial charge >= 0.3 is 0 Å². The Morgan fingerprint density at radius 2 is 1.62 bits per heavy atom. The Bertz CT molecular complexity index is 501. The average molecular weight is 331 g/mol. The van der Waals surface area contributed by atoms with Gasteiger partial charge in [-0.05, 0) is 25.0 Å². The largest absolute Gasteiger partial charge is 0.370 e. The molecule has 0 atom stereocenters. The highest BCUT2D eigenvalue weighted by Crippen LogP contribution is 2.17. The van der Waals surface area contributed by atoms with Crippen LogP contribution in [-0.4, -0.2) is 38.3 Å². The normalized spacial score (nSPS) is 21.0. The van der Waals surface area contributed by atoms with Crippen LogP contribution in [0.15, 0.2) is 24.3 Å². The molecular weight excluding hydrogens is 300 g/mol. The van der Waals surface area contributed by atoms with Gasteiger partial charge in [0.05, 0.1) is 13.2 Å². The predicted octanol–water partition coefficient (Wildman–Crippen LogP) is 1.94. The molecule has 1 saturated carbocycles. The molecule has 4 nitrogen and oxygen atoms in total. The van der Waals surface area contributed by atoms with Gasteiger partial charge in [0.15, 0.2) is 0 Å². The van der Waals surface area contributed by atoms with Gasteiger partial charge in [-0.15, -0.1) is 0 Å². The van der Waals surface area contributed by atoms with Crippen LogP contribution in [0.25, 0.3) is 0 Å². The van der Waals surface area contributed by atoms with Crippen LogP contribution >= 0.6 is 0 Å². The van der Waals surface area contributed by atoms with E-state index in [4.69, 9.17) is 4.74 Å². The van der Waals surface area contributed by atoms with Gasteiger partial charge < -0.3 is 15.0 Å². The molecule has 2 N–H and O–H groups in total. The first-order chi connectivity index (χ1) is 11.8. The second-order valence-electron chi connectivity index (χ2n) is 7.25. The van der Waals surface area contributed by atoms with E-state index < -0.39 is 0 Å². The maximum absolute atomic E-state index is 12.5. The van der Waals surface area contributed by atoms with Crippen LogP contribution in [-0.2, 0) is 11.3 Å². The van der Waals surface area contributed by atoms with Gasteiger partial charge in [-0.2, -0.15) is 0 Å². The Morgan fingerprint density at radius 3 is 2.29 bits per heavy atom. The van der Waals surface area contributed by atoms with Gasteiger partial charge in [0, 0.05) is 17.2 Å². The highest BCUT2D eigenvalue weighted by Gasteiger charge is 2.16. The minimum Gasteiger partial charge on any atom is -0.370 e. The Kier molecular flexibility index (Phi) is 6.67. The number of rotatable bonds is 4. The summed E-state index contributed by atoms with van der Waals surface area (Å²) in [7, 11) is 0. The third-order valence-electron chi connectivity index (χ3n) is 5.31. The van der Waals surface area contributed by atoms with Crippen molar-refractivity contribution in [1.29, 1.82) is 0 Å². The molecule has 1 aromatic carbocycles. The summed E-state index contributed by atoms with van der Waals surface area (Å²) in [6.07, 6.45) is 8.72. The molecule has 1 aliphatic heterocycles. The third kappa shape index (κ3) is 5.32. The van der Waals surface area contributed by atoms with Crippen LogP contribution in [0.1, 0.15) is 60.9 Å². The Morgan fingerprint density at radius 1 is 1.00 bits per heavy atom. The number of benzene rings is 1. The van der Waals surface area contributed by atoms with Crippen LogP contribution in [0.2, 0.25) is 0 Å². The lowest BCUT2D eigenvalue weighted by molar-refractivity contribution is -0.921. The van der Waals surface area contributed by atoms with Crippen molar-refractivity contribution in [2.45, 2.75) is 57.5 Å². The van der Waals surface area contributed by atoms with Crippen LogP contribution in [0.4, 0.5) is 0 Å². The minimum absolute atomic E-state index is 0.0887. The van der Waals surface area contributed by atoms with Crippen LogP contribution in [0.3, 0.4) is 0 Å². The molecule has 2 aliphatic rings. The van der Waals surface area contributed by atoms with Crippen molar-refractivity contribution in [1.82, 2.24) is 5.32 Å². The van der Waals surface area contributed by atoms with E-state index in [9.17, 15) is 4.79 Å². The zero-order valence-corrected chi connectivity index (χ0v) is 14.7. The first-order valence-electron chi connectivity index (χ1n) is 9.62. The highest BCUT2D eigenvalue weighted by molar-refractivity contribution is 5.94. The van der Waals surface area contributed by atoms with Crippen molar-refractivity contribution in [3.63, 3.8) is 0 Å². The van der Waals surface area contributed by atoms with Crippen molar-refractivity contribution in [3.8, 4) is 0 Å². The number of hydrogen-bond donors (Lipinski definition) is 2. The van der Waals surface area contributed by atoms with Gasteiger partial charge in [-0.25, -0.2) is 0 Å². The minimum atomic E-state index is 0.0887. The second kappa shape index (κ2) is 9.19. The lowest BCUT2D eigenvalue weighted by Crippen LogP contribution is -3.12. The summed E-state index contributed by atoms with van der Waals surface area (Å²) >= 11 is 0. The zero-order chi connectivity index (χ0) is 16.6. The summed E-state index contributed by atoms with van der Waals surface area (Å²) in [5.74, 6) is 0.0887. The first kappa shape index (κ1) is 17.4. The summed E-state index contributed by atoms with van der Waals surface area (Å²) in [5, 5.41) is 3.24. The molecule has 1 aromatic rings. The number of morpholine rings is 1. The van der Waals surface area contributed by atoms with Gasteiger partial charge in [0.2, 0.25) is 0 Å². The van der Waals surface area contributed by atoms with Gasteiger partial charge in [-0.3, -0.25) is 4.79 Å². The number of nitrogens with one attached hydrogen (secondary N) is 2. The number of hydrogen-bond acceptors (Lipinski definition) is 2. The summed E-state index contributed by atoms with van der Waals surface area (Å²) in [5.41, 5.74) is 2.09. The molecule has 4 heteroatoms. The van der Waals surface area contributed by atoms with Crippen molar-refractivity contribution in [2.75, 3.05) is 26.3 Å². The van der Waals surface area contributed by atoms with E-state index in [1.165, 1.54) is 37.7 Å². The Balaban J connectivity index is 1.51. The second-order valence-corrected chi connectivity index (χ2v) is 7.25. The van der Waals surface area contributed by atoms with E-state index in [1.54, 1.807) is 4.90 Å². The first-order valence-corrected chi connectivity index (χ1v) is 9.62. The van der Waals surface area contributed by atoms with Crippen LogP contribution in [0, 0.1) is 0 Å². The van der Waals surface area contributed by atoms with Crippen LogP contribution in [0.5, 0.6) is 0 Å². The Hall–Kier alpha value is -1.39. The summed E-state index contributed by atoms with van der Waals surface area (Å²) < 4.78 is 5.40. The number of carbonyl (C=O) groups is 1. The van der Waals surface area contributed by atoms with E-state index in [2.05, 4.69) is 17.4 Å². The lowest BCUT2D eigenvalue weighted by Gasteiger charge is -2.24. The van der Waals surface area contributed by atoms with E-state index in [1.807, 2.05) is 12.1 Å². The average Bonchev–Trinajstić information content (AvgIpc) is 2.59. The fourth-order valence-corrected chi connectivity index (χ4v) is 3.77. The quantitative estimate of drug-likeness (QED) is 0.885. The fourth-order valence-electron chi connectivity index (χ4n) is 3.77. The molecule has 24 heavy (non-hydrogen) atoms. The molecule has 0 radical (unpaired) electrons. The van der Waals surface area contributed by atoms with E-state index in [-0.39, 0.29) is 5.91 Å². The monoisotopic (exact) mass is 331 g/mol. The number of amides is 1. The molecule has 0 unspecified atom stereocenters. The molecule has 0 bridgehead atoms. The van der Waals surface area contributed by atoms with Crippen molar-refractivity contribution >= 4 is 5.91 Å². The highest BCUT2D eigenvalue weighted by atomic mass is 16.5. The summed E-state index contributed by atoms with van der Waals surface area (Å²) in [6.45, 7) is 4.89. The van der Waals surface area contributed by atoms with Crippen molar-refractivity contribution in [3.05, 3.63) is 35.4 Å². The van der Waals surface area contributed by atoms with Gasteiger partial charge in [0.1, 0.15) is 19.6 Å². The molecule has 2 fully saturated rings. The molecule has 1 aliphatic carbocycles. The molecular formula is C20H31N2O2+. The molecule has 3 rings (SSSR count). The standard InChI is InChI=1S/C20H30N2O2/c23-20(21-19-6-4-2-1-3-5-7-19)18-10-8-17(9-11-18)16-22-12-14-24-15-13-22/h8-11,19H,1-7,12-16H2,(H,21,23)/p+1. The third-order valence-corrected chi connectivity index (χ3v) is 5.31. The molecule has 1 amide bonds. The van der Waals surface area contributed by atoms with Crippen LogP contribution < -0.4 is 10.2 Å².